The Morgan fingerprint density at radius 2 is 1.83 bits per heavy atom. The van der Waals surface area contributed by atoms with Crippen LogP contribution < -0.4 is 0 Å². The number of ether oxygens (including phenoxy) is 2. The van der Waals surface area contributed by atoms with Crippen LogP contribution in [0.15, 0.2) is 28.7 Å². The van der Waals surface area contributed by atoms with Gasteiger partial charge in [-0.05, 0) is 44.4 Å². The number of hydrogen-bond donors (Lipinski definition) is 1. The first kappa shape index (κ1) is 20.9. The molecule has 0 saturated heterocycles. The van der Waals surface area contributed by atoms with Crippen molar-refractivity contribution in [3.63, 3.8) is 0 Å². The molecule has 5 nitrogen and oxygen atoms in total. The number of aliphatic hydroxyl groups excluding tert-OH is 1. The maximum Gasteiger partial charge on any atom is 0.410 e. The number of aliphatic hydroxyl groups is 1. The van der Waals surface area contributed by atoms with E-state index in [1.54, 1.807) is 0 Å². The second-order valence-corrected chi connectivity index (χ2v) is 8.08. The fourth-order valence-corrected chi connectivity index (χ4v) is 2.15. The van der Waals surface area contributed by atoms with Crippen molar-refractivity contribution in [1.82, 2.24) is 4.90 Å². The average molecular weight is 402 g/mol. The molecule has 0 fully saturated rings. The number of benzene rings is 1. The smallest absolute Gasteiger partial charge is 0.410 e. The van der Waals surface area contributed by atoms with Crippen LogP contribution in [0.5, 0.6) is 0 Å². The minimum Gasteiger partial charge on any atom is -0.444 e. The summed E-state index contributed by atoms with van der Waals surface area (Å²) in [5.74, 6) is 0.307. The van der Waals surface area contributed by atoms with Crippen molar-refractivity contribution in [1.29, 1.82) is 0 Å². The molecule has 0 aliphatic heterocycles. The van der Waals surface area contributed by atoms with Gasteiger partial charge in [0, 0.05) is 11.0 Å². The first-order valence-electron chi connectivity index (χ1n) is 8.09. The van der Waals surface area contributed by atoms with Gasteiger partial charge in [-0.15, -0.1) is 0 Å². The third-order valence-corrected chi connectivity index (χ3v) is 3.47. The molecule has 0 saturated carbocycles. The quantitative estimate of drug-likeness (QED) is 0.696. The number of amides is 1. The molecule has 1 rings (SSSR count). The van der Waals surface area contributed by atoms with Gasteiger partial charge in [0.05, 0.1) is 13.2 Å². The van der Waals surface area contributed by atoms with Crippen LogP contribution in [0.4, 0.5) is 4.79 Å². The van der Waals surface area contributed by atoms with Crippen molar-refractivity contribution in [2.45, 2.75) is 53.1 Å². The Balaban J connectivity index is 2.78. The van der Waals surface area contributed by atoms with Crippen LogP contribution in [0.2, 0.25) is 0 Å². The van der Waals surface area contributed by atoms with Crippen LogP contribution in [0.1, 0.15) is 40.2 Å². The van der Waals surface area contributed by atoms with Gasteiger partial charge >= 0.3 is 6.09 Å². The summed E-state index contributed by atoms with van der Waals surface area (Å²) in [6.07, 6.45) is -1.52. The van der Waals surface area contributed by atoms with Crippen molar-refractivity contribution < 1.29 is 19.4 Å². The van der Waals surface area contributed by atoms with Gasteiger partial charge in [-0.3, -0.25) is 4.90 Å². The molecule has 0 bridgehead atoms. The van der Waals surface area contributed by atoms with Crippen molar-refractivity contribution in [3.8, 4) is 0 Å². The topological polar surface area (TPSA) is 59.0 Å². The molecule has 0 aromatic heterocycles. The lowest BCUT2D eigenvalue weighted by molar-refractivity contribution is -0.120. The molecule has 1 unspecified atom stereocenters. The van der Waals surface area contributed by atoms with E-state index >= 15 is 0 Å². The molecule has 0 spiro atoms. The van der Waals surface area contributed by atoms with E-state index in [-0.39, 0.29) is 6.54 Å². The molecule has 0 aliphatic rings. The minimum absolute atomic E-state index is 0.0533. The highest BCUT2D eigenvalue weighted by atomic mass is 79.9. The average Bonchev–Trinajstić information content (AvgIpc) is 2.45. The van der Waals surface area contributed by atoms with Crippen LogP contribution in [0.25, 0.3) is 0 Å². The summed E-state index contributed by atoms with van der Waals surface area (Å²) in [7, 11) is 0. The Kier molecular flexibility index (Phi) is 8.19. The molecule has 1 aromatic carbocycles. The predicted octanol–water partition coefficient (Wildman–Crippen LogP) is 4.18. The lowest BCUT2D eigenvalue weighted by Gasteiger charge is -2.29. The number of carbonyl (C=O) groups is 1. The summed E-state index contributed by atoms with van der Waals surface area (Å²) in [5.41, 5.74) is 0.346. The van der Waals surface area contributed by atoms with Gasteiger partial charge < -0.3 is 14.6 Å². The zero-order chi connectivity index (χ0) is 18.3. The third kappa shape index (κ3) is 8.66. The van der Waals surface area contributed by atoms with Crippen LogP contribution in [-0.4, -0.2) is 41.1 Å². The van der Waals surface area contributed by atoms with Crippen molar-refractivity contribution >= 4 is 22.0 Å². The number of halogens is 1. The zero-order valence-electron chi connectivity index (χ0n) is 15.1. The molecule has 24 heavy (non-hydrogen) atoms. The van der Waals surface area contributed by atoms with Gasteiger partial charge in [0.25, 0.3) is 0 Å². The Morgan fingerprint density at radius 1 is 1.25 bits per heavy atom. The Hall–Kier alpha value is -1.11. The standard InChI is InChI=1S/C18H28BrNO4/c1-13(2)12-23-16(21)11-20(17(22)24-18(3,4)5)10-14-6-8-15(19)9-7-14/h6-9,13,16,21H,10-12H2,1-5H3. The van der Waals surface area contributed by atoms with E-state index < -0.39 is 18.0 Å². The fraction of sp³-hybridized carbons (Fsp3) is 0.611. The number of hydrogen-bond acceptors (Lipinski definition) is 4. The van der Waals surface area contributed by atoms with E-state index in [0.717, 1.165) is 10.0 Å². The summed E-state index contributed by atoms with van der Waals surface area (Å²) in [6, 6.07) is 7.66. The van der Waals surface area contributed by atoms with Crippen molar-refractivity contribution in [2.75, 3.05) is 13.2 Å². The van der Waals surface area contributed by atoms with E-state index in [0.29, 0.717) is 19.1 Å². The van der Waals surface area contributed by atoms with Crippen LogP contribution in [0, 0.1) is 5.92 Å². The Labute approximate surface area is 153 Å². The molecular formula is C18H28BrNO4. The first-order valence-corrected chi connectivity index (χ1v) is 8.88. The molecular weight excluding hydrogens is 374 g/mol. The number of rotatable bonds is 7. The molecule has 1 amide bonds. The lowest BCUT2D eigenvalue weighted by atomic mass is 10.2. The highest BCUT2D eigenvalue weighted by Gasteiger charge is 2.24. The first-order chi connectivity index (χ1) is 11.1. The SMILES string of the molecule is CC(C)COC(O)CN(Cc1ccc(Br)cc1)C(=O)OC(C)(C)C. The van der Waals surface area contributed by atoms with Crippen molar-refractivity contribution in [2.24, 2.45) is 5.92 Å². The van der Waals surface area contributed by atoms with Crippen molar-refractivity contribution in [3.05, 3.63) is 34.3 Å². The molecule has 1 N–H and O–H groups in total. The van der Waals surface area contributed by atoms with E-state index in [2.05, 4.69) is 15.9 Å². The summed E-state index contributed by atoms with van der Waals surface area (Å²) in [5, 5.41) is 10.1. The maximum atomic E-state index is 12.4. The highest BCUT2D eigenvalue weighted by molar-refractivity contribution is 9.10. The Morgan fingerprint density at radius 3 is 2.33 bits per heavy atom. The van der Waals surface area contributed by atoms with Crippen LogP contribution >= 0.6 is 15.9 Å². The van der Waals surface area contributed by atoms with Gasteiger partial charge in [-0.1, -0.05) is 41.9 Å². The van der Waals surface area contributed by atoms with Gasteiger partial charge in [0.2, 0.25) is 0 Å². The van der Waals surface area contributed by atoms with Gasteiger partial charge in [0.15, 0.2) is 6.29 Å². The van der Waals surface area contributed by atoms with Gasteiger partial charge in [0.1, 0.15) is 5.60 Å². The monoisotopic (exact) mass is 401 g/mol. The number of carbonyl (C=O) groups excluding carboxylic acids is 1. The molecule has 1 aromatic rings. The van der Waals surface area contributed by atoms with E-state index in [4.69, 9.17) is 9.47 Å². The Bertz CT molecular complexity index is 511. The molecule has 6 heteroatoms. The normalized spacial score (nSPS) is 13.0. The van der Waals surface area contributed by atoms with Crippen LogP contribution in [-0.2, 0) is 16.0 Å². The second-order valence-electron chi connectivity index (χ2n) is 7.17. The fourth-order valence-electron chi connectivity index (χ4n) is 1.89. The summed E-state index contributed by atoms with van der Waals surface area (Å²) in [4.78, 5) is 13.9. The highest BCUT2D eigenvalue weighted by Crippen LogP contribution is 2.16. The lowest BCUT2D eigenvalue weighted by Crippen LogP contribution is -2.41. The van der Waals surface area contributed by atoms with Crippen LogP contribution in [0.3, 0.4) is 0 Å². The van der Waals surface area contributed by atoms with Gasteiger partial charge in [-0.2, -0.15) is 0 Å². The summed E-state index contributed by atoms with van der Waals surface area (Å²) < 4.78 is 11.8. The van der Waals surface area contributed by atoms with E-state index in [1.807, 2.05) is 58.9 Å². The maximum absolute atomic E-state index is 12.4. The minimum atomic E-state index is -1.05. The van der Waals surface area contributed by atoms with E-state index in [1.165, 1.54) is 4.90 Å². The van der Waals surface area contributed by atoms with Gasteiger partial charge in [-0.25, -0.2) is 4.79 Å². The third-order valence-electron chi connectivity index (χ3n) is 2.94. The predicted molar refractivity (Wildman–Crippen MR) is 97.6 cm³/mol. The molecule has 1 atom stereocenters. The molecule has 136 valence electrons. The molecule has 0 radical (unpaired) electrons. The number of nitrogens with zero attached hydrogens (tertiary/aromatic N) is 1. The zero-order valence-corrected chi connectivity index (χ0v) is 16.7. The van der Waals surface area contributed by atoms with E-state index in [9.17, 15) is 9.90 Å². The second kappa shape index (κ2) is 9.39. The largest absolute Gasteiger partial charge is 0.444 e. The molecule has 0 aliphatic carbocycles. The summed E-state index contributed by atoms with van der Waals surface area (Å²) in [6.45, 7) is 10.3. The molecule has 0 heterocycles. The summed E-state index contributed by atoms with van der Waals surface area (Å²) >= 11 is 3.39.